The van der Waals surface area contributed by atoms with E-state index in [1.807, 2.05) is 38.1 Å². The highest BCUT2D eigenvalue weighted by Crippen LogP contribution is 2.10. The second kappa shape index (κ2) is 9.69. The van der Waals surface area contributed by atoms with Crippen LogP contribution in [0.5, 0.6) is 0 Å². The molecule has 2 N–H and O–H groups in total. The van der Waals surface area contributed by atoms with Gasteiger partial charge in [-0.25, -0.2) is 4.79 Å². The Morgan fingerprint density at radius 3 is 1.96 bits per heavy atom. The Bertz CT molecular complexity index is 827. The lowest BCUT2D eigenvalue weighted by molar-refractivity contribution is -0.150. The fourth-order valence-electron chi connectivity index (χ4n) is 2.49. The predicted molar refractivity (Wildman–Crippen MR) is 108 cm³/mol. The summed E-state index contributed by atoms with van der Waals surface area (Å²) in [6.45, 7) is 7.06. The van der Waals surface area contributed by atoms with Gasteiger partial charge in [-0.2, -0.15) is 0 Å². The van der Waals surface area contributed by atoms with Crippen LogP contribution in [-0.2, 0) is 14.3 Å². The van der Waals surface area contributed by atoms with Crippen LogP contribution in [0.1, 0.15) is 35.3 Å². The molecule has 6 heteroatoms. The summed E-state index contributed by atoms with van der Waals surface area (Å²) in [6.07, 6.45) is 0. The van der Waals surface area contributed by atoms with Crippen molar-refractivity contribution in [2.24, 2.45) is 5.92 Å². The molecule has 2 amide bonds. The smallest absolute Gasteiger partial charge is 0.329 e. The molecule has 0 aromatic heterocycles. The van der Waals surface area contributed by atoms with Gasteiger partial charge in [0, 0.05) is 11.3 Å². The number of esters is 1. The summed E-state index contributed by atoms with van der Waals surface area (Å²) in [4.78, 5) is 36.8. The molecule has 0 heterocycles. The van der Waals surface area contributed by atoms with E-state index in [-0.39, 0.29) is 11.8 Å². The third-order valence-corrected chi connectivity index (χ3v) is 4.20. The monoisotopic (exact) mass is 382 g/mol. The highest BCUT2D eigenvalue weighted by Gasteiger charge is 2.26. The topological polar surface area (TPSA) is 84.5 Å². The lowest BCUT2D eigenvalue weighted by Gasteiger charge is -2.21. The number of carbonyl (C=O) groups excluding carboxylic acids is 3. The Balaban J connectivity index is 1.91. The fourth-order valence-corrected chi connectivity index (χ4v) is 2.49. The molecular formula is C22H26N2O4. The van der Waals surface area contributed by atoms with Crippen molar-refractivity contribution in [1.29, 1.82) is 0 Å². The number of nitrogens with one attached hydrogen (secondary N) is 2. The second-order valence-corrected chi connectivity index (χ2v) is 7.08. The molecule has 2 rings (SSSR count). The molecule has 0 fully saturated rings. The molecule has 0 aliphatic rings. The van der Waals surface area contributed by atoms with Crippen molar-refractivity contribution < 1.29 is 19.1 Å². The average molecular weight is 382 g/mol. The van der Waals surface area contributed by atoms with Crippen LogP contribution in [0.25, 0.3) is 0 Å². The number of anilines is 1. The first-order valence-electron chi connectivity index (χ1n) is 9.17. The summed E-state index contributed by atoms with van der Waals surface area (Å²) in [5, 5.41) is 5.35. The summed E-state index contributed by atoms with van der Waals surface area (Å²) in [5.41, 5.74) is 3.20. The Morgan fingerprint density at radius 1 is 0.893 bits per heavy atom. The lowest BCUT2D eigenvalue weighted by Crippen LogP contribution is -2.45. The van der Waals surface area contributed by atoms with E-state index >= 15 is 0 Å². The van der Waals surface area contributed by atoms with Crippen molar-refractivity contribution in [2.75, 3.05) is 11.9 Å². The first kappa shape index (κ1) is 21.2. The largest absolute Gasteiger partial charge is 0.454 e. The number of carbonyl (C=O) groups is 3. The number of rotatable bonds is 7. The van der Waals surface area contributed by atoms with E-state index in [9.17, 15) is 14.4 Å². The lowest BCUT2D eigenvalue weighted by atomic mass is 10.0. The van der Waals surface area contributed by atoms with E-state index < -0.39 is 24.5 Å². The molecule has 0 aliphatic heterocycles. The molecule has 0 radical (unpaired) electrons. The molecule has 148 valence electrons. The van der Waals surface area contributed by atoms with Crippen LogP contribution in [-0.4, -0.2) is 30.4 Å². The highest BCUT2D eigenvalue weighted by molar-refractivity contribution is 5.97. The van der Waals surface area contributed by atoms with Crippen LogP contribution in [0, 0.1) is 19.8 Å². The van der Waals surface area contributed by atoms with Gasteiger partial charge in [0.2, 0.25) is 0 Å². The van der Waals surface area contributed by atoms with Crippen LogP contribution >= 0.6 is 0 Å². The Labute approximate surface area is 165 Å². The van der Waals surface area contributed by atoms with Crippen LogP contribution in [0.15, 0.2) is 48.5 Å². The quantitative estimate of drug-likeness (QED) is 0.720. The minimum Gasteiger partial charge on any atom is -0.454 e. The Kier molecular flexibility index (Phi) is 7.32. The van der Waals surface area contributed by atoms with E-state index in [0.29, 0.717) is 11.3 Å². The maximum absolute atomic E-state index is 12.4. The van der Waals surface area contributed by atoms with Crippen molar-refractivity contribution in [1.82, 2.24) is 5.32 Å². The number of hydrogen-bond acceptors (Lipinski definition) is 4. The van der Waals surface area contributed by atoms with Crippen LogP contribution in [0.2, 0.25) is 0 Å². The number of ether oxygens (including phenoxy) is 1. The number of hydrogen-bond donors (Lipinski definition) is 2. The molecule has 0 bridgehead atoms. The zero-order chi connectivity index (χ0) is 20.7. The van der Waals surface area contributed by atoms with E-state index in [1.54, 1.807) is 38.1 Å². The van der Waals surface area contributed by atoms with Gasteiger partial charge < -0.3 is 15.4 Å². The minimum atomic E-state index is -0.846. The van der Waals surface area contributed by atoms with Gasteiger partial charge in [-0.3, -0.25) is 9.59 Å². The highest BCUT2D eigenvalue weighted by atomic mass is 16.5. The Morgan fingerprint density at radius 2 is 1.43 bits per heavy atom. The minimum absolute atomic E-state index is 0.193. The molecule has 2 aromatic rings. The van der Waals surface area contributed by atoms with E-state index in [4.69, 9.17) is 4.74 Å². The maximum atomic E-state index is 12.4. The van der Waals surface area contributed by atoms with Crippen molar-refractivity contribution in [3.8, 4) is 0 Å². The molecule has 0 saturated carbocycles. The fraction of sp³-hybridized carbons (Fsp3) is 0.318. The first-order chi connectivity index (χ1) is 13.3. The SMILES string of the molecule is Cc1ccc(NC(=O)COC(=O)C(NC(=O)c2ccc(C)cc2)C(C)C)cc1. The first-order valence-corrected chi connectivity index (χ1v) is 9.17. The standard InChI is InChI=1S/C22H26N2O4/c1-14(2)20(24-21(26)17-9-5-15(3)6-10-17)22(27)28-13-19(25)23-18-11-7-16(4)8-12-18/h5-12,14,20H,13H2,1-4H3,(H,23,25)(H,24,26). The van der Waals surface area contributed by atoms with Crippen molar-refractivity contribution >= 4 is 23.5 Å². The Hall–Kier alpha value is -3.15. The summed E-state index contributed by atoms with van der Waals surface area (Å²) in [5.74, 6) is -1.64. The van der Waals surface area contributed by atoms with E-state index in [0.717, 1.165) is 11.1 Å². The molecule has 0 spiro atoms. The van der Waals surface area contributed by atoms with Crippen molar-refractivity contribution in [3.63, 3.8) is 0 Å². The number of amides is 2. The average Bonchev–Trinajstić information content (AvgIpc) is 2.66. The van der Waals surface area contributed by atoms with Crippen LogP contribution in [0.4, 0.5) is 5.69 Å². The molecule has 6 nitrogen and oxygen atoms in total. The summed E-state index contributed by atoms with van der Waals surface area (Å²) in [7, 11) is 0. The van der Waals surface area contributed by atoms with Gasteiger partial charge in [0.05, 0.1) is 0 Å². The second-order valence-electron chi connectivity index (χ2n) is 7.08. The summed E-state index contributed by atoms with van der Waals surface area (Å²) in [6, 6.07) is 13.5. The zero-order valence-electron chi connectivity index (χ0n) is 16.6. The molecule has 1 unspecified atom stereocenters. The molecule has 2 aromatic carbocycles. The van der Waals surface area contributed by atoms with Gasteiger partial charge in [0.25, 0.3) is 11.8 Å². The van der Waals surface area contributed by atoms with Gasteiger partial charge in [0.15, 0.2) is 6.61 Å². The van der Waals surface area contributed by atoms with Crippen molar-refractivity contribution in [3.05, 3.63) is 65.2 Å². The van der Waals surface area contributed by atoms with Gasteiger partial charge in [0.1, 0.15) is 6.04 Å². The van der Waals surface area contributed by atoms with E-state index in [1.165, 1.54) is 0 Å². The summed E-state index contributed by atoms with van der Waals surface area (Å²) >= 11 is 0. The van der Waals surface area contributed by atoms with Gasteiger partial charge in [-0.1, -0.05) is 49.2 Å². The third kappa shape index (κ3) is 6.23. The summed E-state index contributed by atoms with van der Waals surface area (Å²) < 4.78 is 5.11. The van der Waals surface area contributed by atoms with Crippen LogP contribution in [0.3, 0.4) is 0 Å². The predicted octanol–water partition coefficient (Wildman–Crippen LogP) is 3.24. The molecule has 1 atom stereocenters. The normalized spacial score (nSPS) is 11.6. The van der Waals surface area contributed by atoms with Crippen LogP contribution < -0.4 is 10.6 Å². The molecular weight excluding hydrogens is 356 g/mol. The van der Waals surface area contributed by atoms with Gasteiger partial charge in [-0.05, 0) is 44.0 Å². The third-order valence-electron chi connectivity index (χ3n) is 4.20. The molecule has 0 aliphatic carbocycles. The zero-order valence-corrected chi connectivity index (χ0v) is 16.6. The maximum Gasteiger partial charge on any atom is 0.329 e. The van der Waals surface area contributed by atoms with Crippen molar-refractivity contribution in [2.45, 2.75) is 33.7 Å². The number of aryl methyl sites for hydroxylation is 2. The molecule has 28 heavy (non-hydrogen) atoms. The van der Waals surface area contributed by atoms with E-state index in [2.05, 4.69) is 10.6 Å². The molecule has 0 saturated heterocycles. The van der Waals surface area contributed by atoms with Gasteiger partial charge in [-0.15, -0.1) is 0 Å². The number of benzene rings is 2. The van der Waals surface area contributed by atoms with Gasteiger partial charge >= 0.3 is 5.97 Å².